The number of imide groups is 1. The first-order valence-corrected chi connectivity index (χ1v) is 12.2. The number of urea groups is 1. The zero-order valence-electron chi connectivity index (χ0n) is 17.2. The lowest BCUT2D eigenvalue weighted by molar-refractivity contribution is -0.119. The topological polar surface area (TPSA) is 108 Å². The number of aromatic nitrogens is 1. The molecule has 0 unspecified atom stereocenters. The van der Waals surface area contributed by atoms with Crippen LogP contribution in [-0.2, 0) is 14.8 Å². The van der Waals surface area contributed by atoms with Gasteiger partial charge in [0.1, 0.15) is 4.90 Å². The van der Waals surface area contributed by atoms with Crippen LogP contribution in [0.25, 0.3) is 0 Å². The number of thioether (sulfide) groups is 1. The molecule has 29 heavy (non-hydrogen) atoms. The predicted molar refractivity (Wildman–Crippen MR) is 113 cm³/mol. The highest BCUT2D eigenvalue weighted by molar-refractivity contribution is 7.99. The van der Waals surface area contributed by atoms with E-state index in [2.05, 4.69) is 15.6 Å². The summed E-state index contributed by atoms with van der Waals surface area (Å²) in [5.74, 6) is 0.0550. The molecule has 10 heteroatoms. The fourth-order valence-corrected chi connectivity index (χ4v) is 5.10. The van der Waals surface area contributed by atoms with Gasteiger partial charge in [-0.2, -0.15) is 4.31 Å². The second-order valence-electron chi connectivity index (χ2n) is 8.00. The summed E-state index contributed by atoms with van der Waals surface area (Å²) in [5.41, 5.74) is -0.418. The van der Waals surface area contributed by atoms with Gasteiger partial charge < -0.3 is 5.32 Å². The third-order valence-corrected chi connectivity index (χ3v) is 7.06. The van der Waals surface area contributed by atoms with Crippen LogP contribution in [-0.4, -0.2) is 54.0 Å². The molecule has 2 heterocycles. The van der Waals surface area contributed by atoms with Crippen molar-refractivity contribution in [3.63, 3.8) is 0 Å². The number of carbonyl (C=O) groups excluding carboxylic acids is 2. The second-order valence-corrected chi connectivity index (χ2v) is 11.1. The molecule has 0 spiro atoms. The molecular formula is C19H30N4O4S2. The Balaban J connectivity index is 1.83. The van der Waals surface area contributed by atoms with E-state index in [1.165, 1.54) is 22.3 Å². The largest absolute Gasteiger partial charge is 0.333 e. The monoisotopic (exact) mass is 442 g/mol. The first-order valence-electron chi connectivity index (χ1n) is 9.79. The summed E-state index contributed by atoms with van der Waals surface area (Å²) in [6.45, 7) is 6.59. The molecule has 2 N–H and O–H groups in total. The quantitative estimate of drug-likeness (QED) is 0.656. The highest BCUT2D eigenvalue weighted by Crippen LogP contribution is 2.22. The predicted octanol–water partition coefficient (Wildman–Crippen LogP) is 2.75. The molecule has 0 radical (unpaired) electrons. The molecule has 0 atom stereocenters. The third kappa shape index (κ3) is 7.94. The Kier molecular flexibility index (Phi) is 8.47. The fourth-order valence-electron chi connectivity index (χ4n) is 2.85. The van der Waals surface area contributed by atoms with E-state index in [9.17, 15) is 18.0 Å². The molecule has 1 aromatic rings. The van der Waals surface area contributed by atoms with E-state index in [1.807, 2.05) is 20.8 Å². The highest BCUT2D eigenvalue weighted by Gasteiger charge is 2.25. The summed E-state index contributed by atoms with van der Waals surface area (Å²) < 4.78 is 27.0. The lowest BCUT2D eigenvalue weighted by Crippen LogP contribution is -2.48. The van der Waals surface area contributed by atoms with Gasteiger partial charge in [-0.05, 0) is 45.7 Å². The van der Waals surface area contributed by atoms with Crippen molar-refractivity contribution < 1.29 is 18.0 Å². The molecule has 1 aliphatic heterocycles. The van der Waals surface area contributed by atoms with Crippen LogP contribution in [0.2, 0.25) is 0 Å². The van der Waals surface area contributed by atoms with Gasteiger partial charge >= 0.3 is 6.03 Å². The highest BCUT2D eigenvalue weighted by atomic mass is 32.2. The van der Waals surface area contributed by atoms with Crippen LogP contribution in [0.1, 0.15) is 52.9 Å². The lowest BCUT2D eigenvalue weighted by Gasteiger charge is -2.20. The van der Waals surface area contributed by atoms with E-state index in [0.717, 1.165) is 25.7 Å². The minimum atomic E-state index is -3.51. The van der Waals surface area contributed by atoms with Gasteiger partial charge in [-0.25, -0.2) is 18.2 Å². The number of rotatable bonds is 6. The van der Waals surface area contributed by atoms with Crippen LogP contribution < -0.4 is 10.6 Å². The minimum Gasteiger partial charge on any atom is -0.333 e. The van der Waals surface area contributed by atoms with E-state index in [1.54, 1.807) is 12.1 Å². The Morgan fingerprint density at radius 1 is 1.14 bits per heavy atom. The number of sulfonamides is 1. The van der Waals surface area contributed by atoms with Gasteiger partial charge in [0, 0.05) is 37.0 Å². The third-order valence-electron chi connectivity index (χ3n) is 4.23. The molecule has 3 amide bonds. The van der Waals surface area contributed by atoms with Crippen LogP contribution >= 0.6 is 11.8 Å². The number of hydrogen-bond donors (Lipinski definition) is 2. The van der Waals surface area contributed by atoms with Crippen LogP contribution in [0, 0.1) is 0 Å². The van der Waals surface area contributed by atoms with Gasteiger partial charge in [0.05, 0.1) is 5.03 Å². The molecule has 0 bridgehead atoms. The maximum atomic E-state index is 12.7. The van der Waals surface area contributed by atoms with Crippen molar-refractivity contribution >= 4 is 33.7 Å². The van der Waals surface area contributed by atoms with E-state index in [4.69, 9.17) is 0 Å². The summed E-state index contributed by atoms with van der Waals surface area (Å²) in [6, 6.07) is 2.69. The van der Waals surface area contributed by atoms with E-state index < -0.39 is 21.6 Å². The standard InChI is InChI=1S/C19H30N4O4S2/c1-19(2,3)22-18(25)21-16(24)10-13-28-17-9-8-15(14-20-17)29(26,27)23-11-6-4-5-7-12-23/h8-9,14H,4-7,10-13H2,1-3H3,(H2,21,22,24,25). The van der Waals surface area contributed by atoms with E-state index in [0.29, 0.717) is 23.9 Å². The fraction of sp³-hybridized carbons (Fsp3) is 0.632. The normalized spacial score (nSPS) is 16.1. The molecule has 0 aliphatic carbocycles. The molecule has 0 saturated carbocycles. The Morgan fingerprint density at radius 2 is 1.79 bits per heavy atom. The van der Waals surface area contributed by atoms with Gasteiger partial charge in [0.2, 0.25) is 15.9 Å². The number of pyridine rings is 1. The van der Waals surface area contributed by atoms with E-state index in [-0.39, 0.29) is 17.2 Å². The van der Waals surface area contributed by atoms with Crippen molar-refractivity contribution in [2.24, 2.45) is 0 Å². The molecule has 1 aromatic heterocycles. The van der Waals surface area contributed by atoms with Gasteiger partial charge in [0.25, 0.3) is 0 Å². The van der Waals surface area contributed by atoms with Crippen molar-refractivity contribution in [3.8, 4) is 0 Å². The van der Waals surface area contributed by atoms with Gasteiger partial charge in [-0.3, -0.25) is 10.1 Å². The van der Waals surface area contributed by atoms with Crippen molar-refractivity contribution in [2.45, 2.75) is 68.3 Å². The number of nitrogens with zero attached hydrogens (tertiary/aromatic N) is 2. The van der Waals surface area contributed by atoms with Crippen LogP contribution in [0.4, 0.5) is 4.79 Å². The Hall–Kier alpha value is -1.65. The average molecular weight is 443 g/mol. The maximum absolute atomic E-state index is 12.7. The summed E-state index contributed by atoms with van der Waals surface area (Å²) in [4.78, 5) is 27.9. The molecule has 1 saturated heterocycles. The SMILES string of the molecule is CC(C)(C)NC(=O)NC(=O)CCSc1ccc(S(=O)(=O)N2CCCCCC2)cn1. The summed E-state index contributed by atoms with van der Waals surface area (Å²) >= 11 is 1.34. The van der Waals surface area contributed by atoms with Gasteiger partial charge in [-0.1, -0.05) is 12.8 Å². The minimum absolute atomic E-state index is 0.151. The van der Waals surface area contributed by atoms with Crippen molar-refractivity contribution in [1.29, 1.82) is 0 Å². The Labute approximate surface area is 177 Å². The molecule has 2 rings (SSSR count). The molecule has 162 valence electrons. The Morgan fingerprint density at radius 3 is 2.34 bits per heavy atom. The van der Waals surface area contributed by atoms with Crippen molar-refractivity contribution in [1.82, 2.24) is 19.9 Å². The van der Waals surface area contributed by atoms with Crippen LogP contribution in [0.15, 0.2) is 28.3 Å². The Bertz CT molecular complexity index is 796. The number of carbonyl (C=O) groups is 2. The van der Waals surface area contributed by atoms with E-state index >= 15 is 0 Å². The average Bonchev–Trinajstić information content (AvgIpc) is 2.90. The number of hydrogen-bond acceptors (Lipinski definition) is 6. The van der Waals surface area contributed by atoms with Crippen molar-refractivity contribution in [2.75, 3.05) is 18.8 Å². The van der Waals surface area contributed by atoms with Gasteiger partial charge in [-0.15, -0.1) is 11.8 Å². The molecule has 1 fully saturated rings. The molecular weight excluding hydrogens is 412 g/mol. The maximum Gasteiger partial charge on any atom is 0.321 e. The first-order chi connectivity index (χ1) is 13.6. The van der Waals surface area contributed by atoms with Gasteiger partial charge in [0.15, 0.2) is 0 Å². The zero-order valence-corrected chi connectivity index (χ0v) is 18.9. The summed E-state index contributed by atoms with van der Waals surface area (Å²) in [5, 5.41) is 5.58. The number of amides is 3. The zero-order chi connectivity index (χ0) is 21.5. The van der Waals surface area contributed by atoms with Crippen LogP contribution in [0.5, 0.6) is 0 Å². The summed E-state index contributed by atoms with van der Waals surface area (Å²) in [6.07, 6.45) is 5.42. The molecule has 0 aromatic carbocycles. The van der Waals surface area contributed by atoms with Crippen molar-refractivity contribution in [3.05, 3.63) is 18.3 Å². The van der Waals surface area contributed by atoms with Crippen LogP contribution in [0.3, 0.4) is 0 Å². The summed E-state index contributed by atoms with van der Waals surface area (Å²) in [7, 11) is -3.51. The smallest absolute Gasteiger partial charge is 0.321 e. The number of nitrogens with one attached hydrogen (secondary N) is 2. The molecule has 1 aliphatic rings. The second kappa shape index (κ2) is 10.4. The molecule has 8 nitrogen and oxygen atoms in total. The lowest BCUT2D eigenvalue weighted by atomic mass is 10.1. The first kappa shape index (κ1) is 23.6.